The van der Waals surface area contributed by atoms with Gasteiger partial charge in [-0.2, -0.15) is 0 Å². The van der Waals surface area contributed by atoms with E-state index in [-0.39, 0.29) is 17.2 Å². The van der Waals surface area contributed by atoms with Crippen molar-refractivity contribution in [2.75, 3.05) is 26.2 Å². The van der Waals surface area contributed by atoms with Gasteiger partial charge in [0.15, 0.2) is 0 Å². The molecule has 1 unspecified atom stereocenters. The first kappa shape index (κ1) is 19.8. The summed E-state index contributed by atoms with van der Waals surface area (Å²) in [6.45, 7) is 7.00. The maximum Gasteiger partial charge on any atom is 0.270 e. The van der Waals surface area contributed by atoms with Gasteiger partial charge in [0.25, 0.3) is 11.6 Å². The van der Waals surface area contributed by atoms with Crippen molar-refractivity contribution in [3.63, 3.8) is 0 Å². The van der Waals surface area contributed by atoms with Crippen molar-refractivity contribution in [2.24, 2.45) is 5.92 Å². The van der Waals surface area contributed by atoms with Crippen molar-refractivity contribution in [1.29, 1.82) is 0 Å². The third-order valence-corrected chi connectivity index (χ3v) is 4.65. The van der Waals surface area contributed by atoms with Crippen molar-refractivity contribution in [1.82, 2.24) is 15.5 Å². The number of hydrogen-bond donors (Lipinski definition) is 2. The number of nitro benzene ring substituents is 1. The molecule has 0 radical (unpaired) electrons. The Morgan fingerprint density at radius 2 is 2.04 bits per heavy atom. The van der Waals surface area contributed by atoms with Crippen LogP contribution in [-0.4, -0.2) is 53.9 Å². The summed E-state index contributed by atoms with van der Waals surface area (Å²) in [6.07, 6.45) is 1.90. The molecular weight excluding hydrogens is 336 g/mol. The number of benzene rings is 1. The summed E-state index contributed by atoms with van der Waals surface area (Å²) < 4.78 is 0. The Hall–Kier alpha value is -2.48. The number of nitrogens with one attached hydrogen (secondary N) is 2. The van der Waals surface area contributed by atoms with Crippen LogP contribution in [0.1, 0.15) is 37.0 Å². The molecule has 1 saturated heterocycles. The fourth-order valence-corrected chi connectivity index (χ4v) is 3.08. The molecule has 142 valence electrons. The lowest BCUT2D eigenvalue weighted by atomic mass is 9.96. The number of amides is 2. The lowest BCUT2D eigenvalue weighted by Crippen LogP contribution is -2.50. The predicted octanol–water partition coefficient (Wildman–Crippen LogP) is 1.56. The molecule has 1 fully saturated rings. The molecule has 1 aliphatic heterocycles. The molecule has 8 heteroatoms. The molecule has 0 aromatic heterocycles. The number of hydrogen-bond acceptors (Lipinski definition) is 5. The normalized spacial score (nSPS) is 16.2. The van der Waals surface area contributed by atoms with Gasteiger partial charge in [0.2, 0.25) is 5.91 Å². The molecule has 0 aliphatic carbocycles. The number of carbonyl (C=O) groups is 2. The van der Waals surface area contributed by atoms with E-state index < -0.39 is 16.9 Å². The van der Waals surface area contributed by atoms with Crippen LogP contribution in [0.5, 0.6) is 0 Å². The topological polar surface area (TPSA) is 105 Å². The third-order valence-electron chi connectivity index (χ3n) is 4.65. The van der Waals surface area contributed by atoms with Crippen LogP contribution < -0.4 is 10.6 Å². The molecule has 2 rings (SSSR count). The van der Waals surface area contributed by atoms with E-state index in [2.05, 4.69) is 17.6 Å². The van der Waals surface area contributed by atoms with Crippen LogP contribution in [0, 0.1) is 16.0 Å². The Labute approximate surface area is 153 Å². The monoisotopic (exact) mass is 362 g/mol. The van der Waals surface area contributed by atoms with Crippen molar-refractivity contribution in [2.45, 2.75) is 32.7 Å². The van der Waals surface area contributed by atoms with E-state index in [0.717, 1.165) is 25.9 Å². The molecule has 1 aromatic rings. The lowest BCUT2D eigenvalue weighted by Gasteiger charge is -2.33. The molecule has 1 atom stereocenters. The van der Waals surface area contributed by atoms with Gasteiger partial charge in [0.05, 0.1) is 4.92 Å². The first-order valence-corrected chi connectivity index (χ1v) is 8.97. The highest BCUT2D eigenvalue weighted by molar-refractivity contribution is 5.97. The van der Waals surface area contributed by atoms with Gasteiger partial charge in [-0.1, -0.05) is 13.0 Å². The molecule has 1 aliphatic rings. The summed E-state index contributed by atoms with van der Waals surface area (Å²) in [5, 5.41) is 16.8. The molecule has 8 nitrogen and oxygen atoms in total. The summed E-state index contributed by atoms with van der Waals surface area (Å²) >= 11 is 0. The average Bonchev–Trinajstić information content (AvgIpc) is 2.66. The average molecular weight is 362 g/mol. The Bertz CT molecular complexity index is 656. The molecule has 0 saturated carbocycles. The number of carbonyl (C=O) groups excluding carboxylic acids is 2. The van der Waals surface area contributed by atoms with Gasteiger partial charge in [0, 0.05) is 30.8 Å². The van der Waals surface area contributed by atoms with Crippen LogP contribution in [0.2, 0.25) is 0 Å². The zero-order valence-corrected chi connectivity index (χ0v) is 15.2. The van der Waals surface area contributed by atoms with Crippen LogP contribution in [0.25, 0.3) is 0 Å². The number of non-ortho nitro benzene ring substituents is 1. The molecule has 26 heavy (non-hydrogen) atoms. The summed E-state index contributed by atoms with van der Waals surface area (Å²) in [7, 11) is 0. The van der Waals surface area contributed by atoms with E-state index >= 15 is 0 Å². The van der Waals surface area contributed by atoms with Gasteiger partial charge in [-0.25, -0.2) is 0 Å². The minimum absolute atomic E-state index is 0.120. The second-order valence-corrected chi connectivity index (χ2v) is 6.58. The van der Waals surface area contributed by atoms with E-state index in [0.29, 0.717) is 19.0 Å². The van der Waals surface area contributed by atoms with Crippen LogP contribution >= 0.6 is 0 Å². The van der Waals surface area contributed by atoms with E-state index in [4.69, 9.17) is 0 Å². The van der Waals surface area contributed by atoms with E-state index in [1.54, 1.807) is 11.8 Å². The fourth-order valence-electron chi connectivity index (χ4n) is 3.08. The maximum atomic E-state index is 12.5. The smallest absolute Gasteiger partial charge is 0.270 e. The molecule has 0 bridgehead atoms. The molecule has 1 heterocycles. The number of nitro groups is 1. The quantitative estimate of drug-likeness (QED) is 0.566. The molecule has 2 amide bonds. The standard InChI is InChI=1S/C18H26N4O4/c1-3-19-12-14-7-9-21(10-8-14)18(24)13(2)20-17(23)15-5-4-6-16(11-15)22(25)26/h4-6,11,13-14,19H,3,7-10,12H2,1-2H3,(H,20,23). The Kier molecular flexibility index (Phi) is 7.08. The maximum absolute atomic E-state index is 12.5. The Morgan fingerprint density at radius 3 is 2.65 bits per heavy atom. The van der Waals surface area contributed by atoms with Gasteiger partial charge in [0.1, 0.15) is 6.04 Å². The molecule has 2 N–H and O–H groups in total. The van der Waals surface area contributed by atoms with Gasteiger partial charge < -0.3 is 15.5 Å². The van der Waals surface area contributed by atoms with Crippen molar-refractivity contribution in [3.8, 4) is 0 Å². The van der Waals surface area contributed by atoms with Crippen molar-refractivity contribution in [3.05, 3.63) is 39.9 Å². The first-order valence-electron chi connectivity index (χ1n) is 8.97. The summed E-state index contributed by atoms with van der Waals surface area (Å²) in [4.78, 5) is 36.9. The SMILES string of the molecule is CCNCC1CCN(C(=O)C(C)NC(=O)c2cccc([N+](=O)[O-])c2)CC1. The second-order valence-electron chi connectivity index (χ2n) is 6.58. The largest absolute Gasteiger partial charge is 0.341 e. The number of piperidine rings is 1. The lowest BCUT2D eigenvalue weighted by molar-refractivity contribution is -0.384. The van der Waals surface area contributed by atoms with E-state index in [1.807, 2.05) is 0 Å². The minimum atomic E-state index is -0.674. The number of likely N-dealkylation sites (tertiary alicyclic amines) is 1. The summed E-state index contributed by atoms with van der Waals surface area (Å²) in [5.41, 5.74) is 0.0163. The number of rotatable bonds is 7. The van der Waals surface area contributed by atoms with Crippen molar-refractivity contribution >= 4 is 17.5 Å². The number of nitrogens with zero attached hydrogens (tertiary/aromatic N) is 2. The minimum Gasteiger partial charge on any atom is -0.341 e. The second kappa shape index (κ2) is 9.28. The first-order chi connectivity index (χ1) is 12.4. The van der Waals surface area contributed by atoms with Crippen molar-refractivity contribution < 1.29 is 14.5 Å². The van der Waals surface area contributed by atoms with Crippen LogP contribution in [0.4, 0.5) is 5.69 Å². The van der Waals surface area contributed by atoms with Gasteiger partial charge in [-0.15, -0.1) is 0 Å². The Balaban J connectivity index is 1.88. The highest BCUT2D eigenvalue weighted by Gasteiger charge is 2.27. The fraction of sp³-hybridized carbons (Fsp3) is 0.556. The molecule has 1 aromatic carbocycles. The van der Waals surface area contributed by atoms with Gasteiger partial charge in [-0.05, 0) is 44.8 Å². The van der Waals surface area contributed by atoms with E-state index in [9.17, 15) is 19.7 Å². The van der Waals surface area contributed by atoms with Gasteiger partial charge in [-0.3, -0.25) is 19.7 Å². The highest BCUT2D eigenvalue weighted by atomic mass is 16.6. The molecule has 0 spiro atoms. The zero-order chi connectivity index (χ0) is 19.1. The van der Waals surface area contributed by atoms with Crippen LogP contribution in [0.15, 0.2) is 24.3 Å². The highest BCUT2D eigenvalue weighted by Crippen LogP contribution is 2.17. The van der Waals surface area contributed by atoms with E-state index in [1.165, 1.54) is 24.3 Å². The predicted molar refractivity (Wildman–Crippen MR) is 97.9 cm³/mol. The van der Waals surface area contributed by atoms with Crippen LogP contribution in [0.3, 0.4) is 0 Å². The molecular formula is C18H26N4O4. The van der Waals surface area contributed by atoms with Crippen LogP contribution in [-0.2, 0) is 4.79 Å². The zero-order valence-electron chi connectivity index (χ0n) is 15.2. The third kappa shape index (κ3) is 5.26. The van der Waals surface area contributed by atoms with Gasteiger partial charge >= 0.3 is 0 Å². The summed E-state index contributed by atoms with van der Waals surface area (Å²) in [5.74, 6) is -0.0315. The summed E-state index contributed by atoms with van der Waals surface area (Å²) in [6, 6.07) is 4.80. The Morgan fingerprint density at radius 1 is 1.35 bits per heavy atom.